The van der Waals surface area contributed by atoms with Gasteiger partial charge < -0.3 is 11.1 Å². The minimum Gasteiger partial charge on any atom is -0.385 e. The van der Waals surface area contributed by atoms with E-state index in [1.807, 2.05) is 6.92 Å². The maximum atomic E-state index is 5.99. The Hall–Kier alpha value is -0.410. The van der Waals surface area contributed by atoms with Crippen LogP contribution in [0, 0.1) is 0 Å². The second-order valence-electron chi connectivity index (χ2n) is 3.95. The molecular formula is C13H26N2S. The van der Waals surface area contributed by atoms with Crippen LogP contribution in [0.3, 0.4) is 0 Å². The Morgan fingerprint density at radius 3 is 2.62 bits per heavy atom. The molecule has 0 bridgehead atoms. The van der Waals surface area contributed by atoms with Gasteiger partial charge >= 0.3 is 0 Å². The third-order valence-electron chi connectivity index (χ3n) is 2.51. The van der Waals surface area contributed by atoms with Gasteiger partial charge in [-0.25, -0.2) is 0 Å². The molecule has 1 unspecified atom stereocenters. The number of thiol groups is 1. The number of nitrogens with two attached hydrogens (primary N) is 1. The molecule has 0 fully saturated rings. The van der Waals surface area contributed by atoms with Crippen LogP contribution in [-0.2, 0) is 0 Å². The summed E-state index contributed by atoms with van der Waals surface area (Å²) in [4.78, 5) is 0. The number of rotatable bonds is 8. The van der Waals surface area contributed by atoms with Gasteiger partial charge in [0, 0.05) is 23.5 Å². The highest BCUT2D eigenvalue weighted by Crippen LogP contribution is 2.08. The lowest BCUT2D eigenvalue weighted by Crippen LogP contribution is -2.29. The lowest BCUT2D eigenvalue weighted by Gasteiger charge is -2.15. The second-order valence-corrected chi connectivity index (χ2v) is 4.61. The fourth-order valence-electron chi connectivity index (χ4n) is 1.34. The van der Waals surface area contributed by atoms with Crippen LogP contribution < -0.4 is 11.1 Å². The molecule has 0 saturated heterocycles. The zero-order valence-electron chi connectivity index (χ0n) is 10.7. The Labute approximate surface area is 106 Å². The van der Waals surface area contributed by atoms with Crippen LogP contribution in [0.2, 0.25) is 0 Å². The van der Waals surface area contributed by atoms with Gasteiger partial charge in [-0.3, -0.25) is 0 Å². The largest absolute Gasteiger partial charge is 0.385 e. The van der Waals surface area contributed by atoms with E-state index in [0.29, 0.717) is 5.25 Å². The third kappa shape index (κ3) is 6.96. The van der Waals surface area contributed by atoms with Crippen LogP contribution in [0.15, 0.2) is 23.9 Å². The molecule has 2 atom stereocenters. The molecule has 3 heteroatoms. The third-order valence-corrected chi connectivity index (χ3v) is 3.26. The first-order chi connectivity index (χ1) is 7.65. The second kappa shape index (κ2) is 9.79. The maximum Gasteiger partial charge on any atom is 0.0293 e. The molecule has 0 spiro atoms. The van der Waals surface area contributed by atoms with Crippen molar-refractivity contribution >= 4 is 12.6 Å². The van der Waals surface area contributed by atoms with Crippen molar-refractivity contribution < 1.29 is 0 Å². The maximum absolute atomic E-state index is 5.99. The zero-order chi connectivity index (χ0) is 12.4. The summed E-state index contributed by atoms with van der Waals surface area (Å²) in [6, 6.07) is 0.147. The van der Waals surface area contributed by atoms with E-state index in [9.17, 15) is 0 Å². The van der Waals surface area contributed by atoms with Gasteiger partial charge in [0.15, 0.2) is 0 Å². The predicted molar refractivity (Wildman–Crippen MR) is 76.8 cm³/mol. The van der Waals surface area contributed by atoms with Gasteiger partial charge in [-0.15, -0.1) is 0 Å². The summed E-state index contributed by atoms with van der Waals surface area (Å²) in [6.07, 6.45) is 9.35. The van der Waals surface area contributed by atoms with Crippen molar-refractivity contribution in [3.63, 3.8) is 0 Å². The minimum absolute atomic E-state index is 0.147. The molecule has 2 nitrogen and oxygen atoms in total. The number of nitrogens with one attached hydrogen (secondary N) is 1. The fourth-order valence-corrected chi connectivity index (χ4v) is 1.46. The normalized spacial score (nSPS) is 16.4. The van der Waals surface area contributed by atoms with Crippen LogP contribution in [0.25, 0.3) is 0 Å². The lowest BCUT2D eigenvalue weighted by molar-refractivity contribution is 0.629. The van der Waals surface area contributed by atoms with E-state index < -0.39 is 0 Å². The summed E-state index contributed by atoms with van der Waals surface area (Å²) >= 11 is 4.44. The summed E-state index contributed by atoms with van der Waals surface area (Å²) in [5.74, 6) is 0. The van der Waals surface area contributed by atoms with E-state index in [4.69, 9.17) is 5.73 Å². The first kappa shape index (κ1) is 15.6. The average Bonchev–Trinajstić information content (AvgIpc) is 2.32. The van der Waals surface area contributed by atoms with E-state index >= 15 is 0 Å². The van der Waals surface area contributed by atoms with Crippen LogP contribution in [0.1, 0.15) is 40.0 Å². The fraction of sp³-hybridized carbons (Fsp3) is 0.692. The smallest absolute Gasteiger partial charge is 0.0293 e. The van der Waals surface area contributed by atoms with Crippen molar-refractivity contribution in [3.8, 4) is 0 Å². The number of hydrogen-bond donors (Lipinski definition) is 3. The summed E-state index contributed by atoms with van der Waals surface area (Å²) < 4.78 is 0. The number of hydrogen-bond acceptors (Lipinski definition) is 3. The first-order valence-corrected chi connectivity index (χ1v) is 6.67. The molecule has 3 N–H and O–H groups in total. The molecule has 16 heavy (non-hydrogen) atoms. The summed E-state index contributed by atoms with van der Waals surface area (Å²) in [6.45, 7) is 7.32. The quantitative estimate of drug-likeness (QED) is 0.452. The molecule has 0 rings (SSSR count). The zero-order valence-corrected chi connectivity index (χ0v) is 11.6. The van der Waals surface area contributed by atoms with Crippen LogP contribution in [0.5, 0.6) is 0 Å². The highest BCUT2D eigenvalue weighted by atomic mass is 32.1. The van der Waals surface area contributed by atoms with E-state index in [1.165, 1.54) is 5.70 Å². The molecule has 0 aliphatic rings. The molecule has 0 heterocycles. The molecule has 0 aliphatic carbocycles. The van der Waals surface area contributed by atoms with Gasteiger partial charge in [-0.1, -0.05) is 26.0 Å². The van der Waals surface area contributed by atoms with E-state index in [1.54, 1.807) is 0 Å². The minimum atomic E-state index is 0.147. The Morgan fingerprint density at radius 2 is 2.12 bits per heavy atom. The highest BCUT2D eigenvalue weighted by Gasteiger charge is 2.08. The van der Waals surface area contributed by atoms with E-state index in [2.05, 4.69) is 50.0 Å². The molecule has 94 valence electrons. The topological polar surface area (TPSA) is 38.0 Å². The Kier molecular flexibility index (Phi) is 9.54. The molecule has 0 aromatic heterocycles. The van der Waals surface area contributed by atoms with E-state index in [-0.39, 0.29) is 6.04 Å². The molecule has 0 radical (unpaired) electrons. The monoisotopic (exact) mass is 242 g/mol. The Morgan fingerprint density at radius 1 is 1.44 bits per heavy atom. The summed E-state index contributed by atoms with van der Waals surface area (Å²) in [5, 5.41) is 3.64. The molecule has 0 aliphatic heterocycles. The van der Waals surface area contributed by atoms with Crippen molar-refractivity contribution in [1.82, 2.24) is 5.32 Å². The molecular weight excluding hydrogens is 216 g/mol. The van der Waals surface area contributed by atoms with Crippen molar-refractivity contribution in [2.75, 3.05) is 6.54 Å². The lowest BCUT2D eigenvalue weighted by atomic mass is 10.1. The Bertz CT molecular complexity index is 224. The molecule has 0 aromatic rings. The van der Waals surface area contributed by atoms with Crippen LogP contribution in [-0.4, -0.2) is 17.8 Å². The Balaban J connectivity index is 3.97. The predicted octanol–water partition coefficient (Wildman–Crippen LogP) is 2.87. The van der Waals surface area contributed by atoms with Gasteiger partial charge in [0.1, 0.15) is 0 Å². The van der Waals surface area contributed by atoms with Gasteiger partial charge in [-0.05, 0) is 32.3 Å². The molecule has 0 saturated carbocycles. The molecule has 0 amide bonds. The van der Waals surface area contributed by atoms with Crippen molar-refractivity contribution in [3.05, 3.63) is 23.9 Å². The standard InChI is InChI=1S/C13H26N2S/c1-4-10-15-11(5-2)8-7-9-12(14)13(16)6-3/h5,7-8,12-13,15-16H,4,6,9-10,14H2,1-3H3/b8-7-,11-5+/t12-,13?/m0/s1. The van der Waals surface area contributed by atoms with Gasteiger partial charge in [0.05, 0.1) is 0 Å². The van der Waals surface area contributed by atoms with Crippen molar-refractivity contribution in [2.24, 2.45) is 5.73 Å². The summed E-state index contributed by atoms with van der Waals surface area (Å²) in [5.41, 5.74) is 7.16. The average molecular weight is 242 g/mol. The highest BCUT2D eigenvalue weighted by molar-refractivity contribution is 7.81. The summed E-state index contributed by atoms with van der Waals surface area (Å²) in [7, 11) is 0. The van der Waals surface area contributed by atoms with Crippen LogP contribution in [0.4, 0.5) is 0 Å². The first-order valence-electron chi connectivity index (χ1n) is 6.16. The molecule has 0 aromatic carbocycles. The van der Waals surface area contributed by atoms with Crippen LogP contribution >= 0.6 is 12.6 Å². The van der Waals surface area contributed by atoms with Crippen molar-refractivity contribution in [1.29, 1.82) is 0 Å². The SMILES string of the molecule is C/C=C(\C=C/C[C@H](N)C(S)CC)NCCC. The van der Waals surface area contributed by atoms with Gasteiger partial charge in [0.2, 0.25) is 0 Å². The van der Waals surface area contributed by atoms with Crippen molar-refractivity contribution in [2.45, 2.75) is 51.3 Å². The van der Waals surface area contributed by atoms with Gasteiger partial charge in [0.25, 0.3) is 0 Å². The number of allylic oxidation sites excluding steroid dienone is 2. The van der Waals surface area contributed by atoms with E-state index in [0.717, 1.165) is 25.8 Å². The van der Waals surface area contributed by atoms with Gasteiger partial charge in [-0.2, -0.15) is 12.6 Å².